The van der Waals surface area contributed by atoms with Gasteiger partial charge in [-0.15, -0.1) is 0 Å². The van der Waals surface area contributed by atoms with Crippen LogP contribution in [0.15, 0.2) is 22.6 Å². The Kier molecular flexibility index (Phi) is 3.19. The fourth-order valence-corrected chi connectivity index (χ4v) is 2.47. The summed E-state index contributed by atoms with van der Waals surface area (Å²) in [6, 6.07) is 5.49. The molecule has 0 atom stereocenters. The molecule has 4 heteroatoms. The standard InChI is InChI=1S/C14H18N2O2/c15-10-6-7-13-12(8-10)16-14(18-13)9-17-11-4-2-1-3-5-11/h6-8,11H,1-5,9,15H2. The van der Waals surface area contributed by atoms with E-state index in [-0.39, 0.29) is 0 Å². The molecule has 0 radical (unpaired) electrons. The number of anilines is 1. The summed E-state index contributed by atoms with van der Waals surface area (Å²) in [5, 5.41) is 0. The number of nitrogens with two attached hydrogens (primary N) is 1. The van der Waals surface area contributed by atoms with Crippen LogP contribution in [0.3, 0.4) is 0 Å². The third kappa shape index (κ3) is 2.48. The molecule has 1 fully saturated rings. The van der Waals surface area contributed by atoms with Crippen LogP contribution in [0.1, 0.15) is 38.0 Å². The molecule has 1 aromatic carbocycles. The van der Waals surface area contributed by atoms with Gasteiger partial charge in [-0.05, 0) is 31.0 Å². The molecule has 0 spiro atoms. The van der Waals surface area contributed by atoms with Crippen LogP contribution in [-0.2, 0) is 11.3 Å². The smallest absolute Gasteiger partial charge is 0.221 e. The molecule has 1 aliphatic rings. The average molecular weight is 246 g/mol. The Balaban J connectivity index is 1.67. The van der Waals surface area contributed by atoms with E-state index < -0.39 is 0 Å². The predicted molar refractivity (Wildman–Crippen MR) is 70.1 cm³/mol. The van der Waals surface area contributed by atoms with Crippen molar-refractivity contribution in [2.75, 3.05) is 5.73 Å². The van der Waals surface area contributed by atoms with E-state index >= 15 is 0 Å². The zero-order chi connectivity index (χ0) is 12.4. The number of fused-ring (bicyclic) bond motifs is 1. The summed E-state index contributed by atoms with van der Waals surface area (Å²) in [5.74, 6) is 0.640. The van der Waals surface area contributed by atoms with E-state index in [2.05, 4.69) is 4.98 Å². The van der Waals surface area contributed by atoms with E-state index in [1.807, 2.05) is 18.2 Å². The number of benzene rings is 1. The molecule has 0 saturated heterocycles. The Bertz CT molecular complexity index is 530. The van der Waals surface area contributed by atoms with Crippen molar-refractivity contribution >= 4 is 16.8 Å². The van der Waals surface area contributed by atoms with Gasteiger partial charge in [0.2, 0.25) is 5.89 Å². The second-order valence-electron chi connectivity index (χ2n) is 4.91. The second-order valence-corrected chi connectivity index (χ2v) is 4.91. The van der Waals surface area contributed by atoms with E-state index in [0.29, 0.717) is 24.3 Å². The highest BCUT2D eigenvalue weighted by molar-refractivity contribution is 5.76. The van der Waals surface area contributed by atoms with Gasteiger partial charge < -0.3 is 14.9 Å². The molecule has 96 valence electrons. The molecule has 1 heterocycles. The normalized spacial score (nSPS) is 17.3. The summed E-state index contributed by atoms with van der Waals surface area (Å²) >= 11 is 0. The first-order valence-electron chi connectivity index (χ1n) is 6.58. The molecule has 1 saturated carbocycles. The van der Waals surface area contributed by atoms with Gasteiger partial charge >= 0.3 is 0 Å². The number of hydrogen-bond donors (Lipinski definition) is 1. The van der Waals surface area contributed by atoms with Crippen LogP contribution in [0.4, 0.5) is 5.69 Å². The molecule has 0 amide bonds. The molecular formula is C14H18N2O2. The summed E-state index contributed by atoms with van der Waals surface area (Å²) in [4.78, 5) is 4.39. The van der Waals surface area contributed by atoms with Crippen molar-refractivity contribution < 1.29 is 9.15 Å². The molecule has 4 nitrogen and oxygen atoms in total. The maximum Gasteiger partial charge on any atom is 0.221 e. The molecule has 1 aromatic heterocycles. The van der Waals surface area contributed by atoms with Gasteiger partial charge in [0.1, 0.15) is 12.1 Å². The summed E-state index contributed by atoms with van der Waals surface area (Å²) in [6.07, 6.45) is 6.57. The van der Waals surface area contributed by atoms with Gasteiger partial charge in [-0.25, -0.2) is 4.98 Å². The van der Waals surface area contributed by atoms with Crippen molar-refractivity contribution in [3.05, 3.63) is 24.1 Å². The van der Waals surface area contributed by atoms with Crippen LogP contribution < -0.4 is 5.73 Å². The Morgan fingerprint density at radius 1 is 1.28 bits per heavy atom. The first-order valence-corrected chi connectivity index (χ1v) is 6.58. The lowest BCUT2D eigenvalue weighted by Gasteiger charge is -2.21. The third-order valence-electron chi connectivity index (χ3n) is 3.45. The number of aromatic nitrogens is 1. The first-order chi connectivity index (χ1) is 8.81. The quantitative estimate of drug-likeness (QED) is 0.844. The van der Waals surface area contributed by atoms with Crippen LogP contribution in [0.5, 0.6) is 0 Å². The van der Waals surface area contributed by atoms with Crippen molar-refractivity contribution in [2.45, 2.75) is 44.8 Å². The monoisotopic (exact) mass is 246 g/mol. The molecule has 2 N–H and O–H groups in total. The fraction of sp³-hybridized carbons (Fsp3) is 0.500. The number of nitrogen functional groups attached to an aromatic ring is 1. The largest absolute Gasteiger partial charge is 0.438 e. The molecule has 0 unspecified atom stereocenters. The van der Waals surface area contributed by atoms with Gasteiger partial charge in [-0.3, -0.25) is 0 Å². The minimum atomic E-state index is 0.374. The van der Waals surface area contributed by atoms with Gasteiger partial charge in [-0.2, -0.15) is 0 Å². The van der Waals surface area contributed by atoms with Gasteiger partial charge in [0.15, 0.2) is 5.58 Å². The van der Waals surface area contributed by atoms with Crippen LogP contribution in [-0.4, -0.2) is 11.1 Å². The van der Waals surface area contributed by atoms with E-state index in [1.54, 1.807) is 0 Å². The first kappa shape index (κ1) is 11.5. The molecule has 2 aromatic rings. The molecule has 0 aliphatic heterocycles. The summed E-state index contributed by atoms with van der Waals surface area (Å²) in [5.41, 5.74) is 7.99. The van der Waals surface area contributed by atoms with Gasteiger partial charge in [0, 0.05) is 5.69 Å². The highest BCUT2D eigenvalue weighted by Gasteiger charge is 2.15. The highest BCUT2D eigenvalue weighted by atomic mass is 16.5. The maximum absolute atomic E-state index is 5.84. The summed E-state index contributed by atoms with van der Waals surface area (Å²) in [7, 11) is 0. The zero-order valence-electron chi connectivity index (χ0n) is 10.4. The lowest BCUT2D eigenvalue weighted by Crippen LogP contribution is -2.16. The number of ether oxygens (including phenoxy) is 1. The van der Waals surface area contributed by atoms with Crippen molar-refractivity contribution in [3.8, 4) is 0 Å². The number of nitrogens with zero attached hydrogens (tertiary/aromatic N) is 1. The molecule has 1 aliphatic carbocycles. The summed E-state index contributed by atoms with van der Waals surface area (Å²) in [6.45, 7) is 0.458. The van der Waals surface area contributed by atoms with Gasteiger partial charge in [0.25, 0.3) is 0 Å². The molecule has 3 rings (SSSR count). The molecule has 0 bridgehead atoms. The number of rotatable bonds is 3. The Labute approximate surface area is 106 Å². The maximum atomic E-state index is 5.84. The second kappa shape index (κ2) is 4.98. The lowest BCUT2D eigenvalue weighted by atomic mass is 9.98. The minimum Gasteiger partial charge on any atom is -0.438 e. The van der Waals surface area contributed by atoms with E-state index in [4.69, 9.17) is 14.9 Å². The molecular weight excluding hydrogens is 228 g/mol. The van der Waals surface area contributed by atoms with Crippen molar-refractivity contribution in [2.24, 2.45) is 0 Å². The Morgan fingerprint density at radius 3 is 2.94 bits per heavy atom. The van der Waals surface area contributed by atoms with Crippen molar-refractivity contribution in [3.63, 3.8) is 0 Å². The fourth-order valence-electron chi connectivity index (χ4n) is 2.47. The van der Waals surface area contributed by atoms with E-state index in [0.717, 1.165) is 23.9 Å². The van der Waals surface area contributed by atoms with Crippen LogP contribution in [0.25, 0.3) is 11.1 Å². The van der Waals surface area contributed by atoms with E-state index in [1.165, 1.54) is 19.3 Å². The lowest BCUT2D eigenvalue weighted by molar-refractivity contribution is 0.00725. The average Bonchev–Trinajstić information content (AvgIpc) is 2.79. The van der Waals surface area contributed by atoms with E-state index in [9.17, 15) is 0 Å². The Hall–Kier alpha value is -1.55. The Morgan fingerprint density at radius 2 is 2.11 bits per heavy atom. The SMILES string of the molecule is Nc1ccc2oc(COC3CCCCC3)nc2c1. The number of oxazole rings is 1. The minimum absolute atomic E-state index is 0.374. The van der Waals surface area contributed by atoms with Crippen LogP contribution in [0, 0.1) is 0 Å². The molecule has 18 heavy (non-hydrogen) atoms. The number of hydrogen-bond acceptors (Lipinski definition) is 4. The van der Waals surface area contributed by atoms with Gasteiger partial charge in [-0.1, -0.05) is 19.3 Å². The van der Waals surface area contributed by atoms with Crippen molar-refractivity contribution in [1.82, 2.24) is 4.98 Å². The highest BCUT2D eigenvalue weighted by Crippen LogP contribution is 2.23. The van der Waals surface area contributed by atoms with Crippen LogP contribution in [0.2, 0.25) is 0 Å². The van der Waals surface area contributed by atoms with Gasteiger partial charge in [0.05, 0.1) is 6.10 Å². The topological polar surface area (TPSA) is 61.3 Å². The third-order valence-corrected chi connectivity index (χ3v) is 3.45. The van der Waals surface area contributed by atoms with Crippen LogP contribution >= 0.6 is 0 Å². The van der Waals surface area contributed by atoms with Crippen molar-refractivity contribution in [1.29, 1.82) is 0 Å². The predicted octanol–water partition coefficient (Wildman–Crippen LogP) is 3.26. The summed E-state index contributed by atoms with van der Waals surface area (Å²) < 4.78 is 11.5. The zero-order valence-corrected chi connectivity index (χ0v) is 10.4.